The molecule has 2 heterocycles. The minimum atomic E-state index is -3.82. The molecule has 1 amide bonds. The number of amides is 1. The Balaban J connectivity index is 1.62. The Morgan fingerprint density at radius 1 is 1.26 bits per heavy atom. The fraction of sp³-hybridized carbons (Fsp3) is 0.391. The van der Waals surface area contributed by atoms with Crippen LogP contribution in [0.15, 0.2) is 57.2 Å². The van der Waals surface area contributed by atoms with E-state index in [0.29, 0.717) is 37.3 Å². The summed E-state index contributed by atoms with van der Waals surface area (Å²) in [5, 5.41) is 0. The predicted octanol–water partition coefficient (Wildman–Crippen LogP) is 3.74. The first kappa shape index (κ1) is 25.1. The highest BCUT2D eigenvalue weighted by atomic mass is 32.2. The van der Waals surface area contributed by atoms with Crippen molar-refractivity contribution < 1.29 is 22.3 Å². The quantitative estimate of drug-likeness (QED) is 0.441. The third-order valence-electron chi connectivity index (χ3n) is 5.80. The molecule has 1 aliphatic heterocycles. The van der Waals surface area contributed by atoms with Crippen molar-refractivity contribution in [3.8, 4) is 0 Å². The molecule has 4 rings (SSSR count). The van der Waals surface area contributed by atoms with Crippen LogP contribution in [0.3, 0.4) is 0 Å². The number of thioether (sulfide) groups is 1. The molecule has 1 fully saturated rings. The second-order valence-electron chi connectivity index (χ2n) is 7.97. The summed E-state index contributed by atoms with van der Waals surface area (Å²) >= 11 is 3.09. The molecule has 182 valence electrons. The van der Waals surface area contributed by atoms with Gasteiger partial charge in [-0.1, -0.05) is 11.3 Å². The summed E-state index contributed by atoms with van der Waals surface area (Å²) in [5.41, 5.74) is 0.982. The van der Waals surface area contributed by atoms with Crippen LogP contribution in [0.5, 0.6) is 0 Å². The zero-order valence-corrected chi connectivity index (χ0v) is 21.4. The van der Waals surface area contributed by atoms with E-state index in [1.807, 2.05) is 23.0 Å². The zero-order valence-electron chi connectivity index (χ0n) is 18.9. The SMILES string of the molecule is COCCn1c(=NC(=O)C2CCCN(S(=O)(=O)c3ccc(F)cc3)C2)sc2cc(SC)ccc21. The number of benzene rings is 2. The van der Waals surface area contributed by atoms with Crippen LogP contribution in [0, 0.1) is 11.7 Å². The minimum Gasteiger partial charge on any atom is -0.383 e. The lowest BCUT2D eigenvalue weighted by molar-refractivity contribution is -0.122. The van der Waals surface area contributed by atoms with Crippen molar-refractivity contribution in [2.24, 2.45) is 10.9 Å². The normalized spacial score (nSPS) is 18.0. The van der Waals surface area contributed by atoms with Crippen molar-refractivity contribution in [1.29, 1.82) is 0 Å². The highest BCUT2D eigenvalue weighted by Gasteiger charge is 2.33. The number of rotatable bonds is 7. The molecule has 0 radical (unpaired) electrons. The number of methoxy groups -OCH3 is 1. The molecular formula is C23H26FN3O4S3. The van der Waals surface area contributed by atoms with E-state index in [4.69, 9.17) is 4.74 Å². The number of halogens is 1. The van der Waals surface area contributed by atoms with Gasteiger partial charge in [0.15, 0.2) is 4.80 Å². The summed E-state index contributed by atoms with van der Waals surface area (Å²) in [7, 11) is -2.19. The van der Waals surface area contributed by atoms with E-state index in [1.54, 1.807) is 18.9 Å². The fourth-order valence-electron chi connectivity index (χ4n) is 3.97. The van der Waals surface area contributed by atoms with Crippen LogP contribution in [0.1, 0.15) is 12.8 Å². The molecule has 7 nitrogen and oxygen atoms in total. The Morgan fingerprint density at radius 2 is 2.03 bits per heavy atom. The van der Waals surface area contributed by atoms with Gasteiger partial charge in [-0.3, -0.25) is 4.79 Å². The van der Waals surface area contributed by atoms with Crippen molar-refractivity contribution in [2.45, 2.75) is 29.2 Å². The van der Waals surface area contributed by atoms with Crippen LogP contribution in [0.25, 0.3) is 10.2 Å². The molecule has 0 saturated carbocycles. The Hall–Kier alpha value is -2.05. The average molecular weight is 524 g/mol. The number of nitrogens with zero attached hydrogens (tertiary/aromatic N) is 3. The number of thiazole rings is 1. The number of piperidine rings is 1. The van der Waals surface area contributed by atoms with Gasteiger partial charge in [0.2, 0.25) is 10.0 Å². The van der Waals surface area contributed by atoms with Gasteiger partial charge in [0, 0.05) is 31.6 Å². The number of fused-ring (bicyclic) bond motifs is 1. The molecule has 2 aromatic carbocycles. The van der Waals surface area contributed by atoms with E-state index in [2.05, 4.69) is 11.1 Å². The lowest BCUT2D eigenvalue weighted by Crippen LogP contribution is -2.42. The zero-order chi connectivity index (χ0) is 24.3. The van der Waals surface area contributed by atoms with E-state index in [9.17, 15) is 17.6 Å². The molecule has 1 saturated heterocycles. The van der Waals surface area contributed by atoms with Crippen LogP contribution in [-0.2, 0) is 26.1 Å². The molecule has 11 heteroatoms. The number of ether oxygens (including phenoxy) is 1. The summed E-state index contributed by atoms with van der Waals surface area (Å²) < 4.78 is 48.8. The molecule has 0 bridgehead atoms. The molecule has 34 heavy (non-hydrogen) atoms. The Morgan fingerprint density at radius 3 is 2.74 bits per heavy atom. The monoisotopic (exact) mass is 523 g/mol. The summed E-state index contributed by atoms with van der Waals surface area (Å²) in [6.45, 7) is 1.40. The van der Waals surface area contributed by atoms with Crippen molar-refractivity contribution in [3.63, 3.8) is 0 Å². The minimum absolute atomic E-state index is 0.0189. The van der Waals surface area contributed by atoms with E-state index in [-0.39, 0.29) is 17.3 Å². The van der Waals surface area contributed by atoms with Crippen molar-refractivity contribution in [1.82, 2.24) is 8.87 Å². The molecule has 0 aliphatic carbocycles. The number of carbonyl (C=O) groups excluding carboxylic acids is 1. The standard InChI is InChI=1S/C23H26FN3O4S3/c1-31-13-12-27-20-10-7-18(32-2)14-21(20)33-23(27)25-22(28)16-4-3-11-26(15-16)34(29,30)19-8-5-17(24)6-9-19/h5-10,14,16H,3-4,11-13,15H2,1-2H3. The average Bonchev–Trinajstić information content (AvgIpc) is 3.18. The van der Waals surface area contributed by atoms with Crippen molar-refractivity contribution in [2.75, 3.05) is 33.1 Å². The molecule has 1 atom stereocenters. The second-order valence-corrected chi connectivity index (χ2v) is 11.8. The Bertz CT molecular complexity index is 1350. The third kappa shape index (κ3) is 5.28. The van der Waals surface area contributed by atoms with Gasteiger partial charge in [-0.25, -0.2) is 12.8 Å². The van der Waals surface area contributed by atoms with Crippen LogP contribution in [0.2, 0.25) is 0 Å². The predicted molar refractivity (Wildman–Crippen MR) is 132 cm³/mol. The van der Waals surface area contributed by atoms with Crippen LogP contribution in [-0.4, -0.2) is 56.3 Å². The highest BCUT2D eigenvalue weighted by Crippen LogP contribution is 2.26. The largest absolute Gasteiger partial charge is 0.383 e. The number of sulfonamides is 1. The lowest BCUT2D eigenvalue weighted by atomic mass is 9.99. The highest BCUT2D eigenvalue weighted by molar-refractivity contribution is 7.98. The summed E-state index contributed by atoms with van der Waals surface area (Å²) in [5.74, 6) is -1.37. The number of hydrogen-bond acceptors (Lipinski definition) is 6. The molecule has 1 aromatic heterocycles. The second kappa shape index (κ2) is 10.7. The van der Waals surface area contributed by atoms with Gasteiger partial charge in [-0.2, -0.15) is 9.30 Å². The van der Waals surface area contributed by atoms with Gasteiger partial charge in [0.05, 0.1) is 27.6 Å². The first-order valence-corrected chi connectivity index (χ1v) is 14.3. The maximum Gasteiger partial charge on any atom is 0.252 e. The molecule has 1 unspecified atom stereocenters. The number of aromatic nitrogens is 1. The number of hydrogen-bond donors (Lipinski definition) is 0. The summed E-state index contributed by atoms with van der Waals surface area (Å²) in [4.78, 5) is 19.3. The van der Waals surface area contributed by atoms with Crippen molar-refractivity contribution in [3.05, 3.63) is 53.1 Å². The van der Waals surface area contributed by atoms with Crippen molar-refractivity contribution >= 4 is 49.2 Å². The first-order valence-electron chi connectivity index (χ1n) is 10.8. The smallest absolute Gasteiger partial charge is 0.252 e. The maximum atomic E-state index is 13.2. The van der Waals surface area contributed by atoms with E-state index in [0.717, 1.165) is 27.2 Å². The molecule has 0 N–H and O–H groups in total. The molecular weight excluding hydrogens is 497 g/mol. The Kier molecular flexibility index (Phi) is 7.88. The fourth-order valence-corrected chi connectivity index (χ4v) is 7.11. The Labute approximate surface area is 206 Å². The van der Waals surface area contributed by atoms with Gasteiger partial charge < -0.3 is 9.30 Å². The molecule has 0 spiro atoms. The van der Waals surface area contributed by atoms with E-state index < -0.39 is 21.8 Å². The molecule has 3 aromatic rings. The van der Waals surface area contributed by atoms with Crippen LogP contribution in [0.4, 0.5) is 4.39 Å². The van der Waals surface area contributed by atoms with Gasteiger partial charge in [-0.15, -0.1) is 11.8 Å². The third-order valence-corrected chi connectivity index (χ3v) is 9.45. The lowest BCUT2D eigenvalue weighted by Gasteiger charge is -2.30. The molecule has 1 aliphatic rings. The van der Waals surface area contributed by atoms with Gasteiger partial charge in [0.25, 0.3) is 5.91 Å². The topological polar surface area (TPSA) is 81.0 Å². The van der Waals surface area contributed by atoms with Gasteiger partial charge >= 0.3 is 0 Å². The van der Waals surface area contributed by atoms with Crippen LogP contribution >= 0.6 is 23.1 Å². The summed E-state index contributed by atoms with van der Waals surface area (Å²) in [6, 6.07) is 10.9. The van der Waals surface area contributed by atoms with Gasteiger partial charge in [0.1, 0.15) is 5.82 Å². The van der Waals surface area contributed by atoms with Gasteiger partial charge in [-0.05, 0) is 61.6 Å². The summed E-state index contributed by atoms with van der Waals surface area (Å²) in [6.07, 6.45) is 3.13. The maximum absolute atomic E-state index is 13.2. The van der Waals surface area contributed by atoms with Crippen LogP contribution < -0.4 is 4.80 Å². The first-order chi connectivity index (χ1) is 16.3. The number of carbonyl (C=O) groups is 1. The van der Waals surface area contributed by atoms with E-state index >= 15 is 0 Å². The van der Waals surface area contributed by atoms with E-state index in [1.165, 1.54) is 27.8 Å².